The highest BCUT2D eigenvalue weighted by Crippen LogP contribution is 2.20. The minimum absolute atomic E-state index is 0.162. The molecular weight excluding hydrogens is 220 g/mol. The quantitative estimate of drug-likeness (QED) is 0.387. The van der Waals surface area contributed by atoms with Crippen molar-refractivity contribution >= 4 is 13.4 Å². The van der Waals surface area contributed by atoms with Gasteiger partial charge in [-0.2, -0.15) is 0 Å². The lowest BCUT2D eigenvalue weighted by Crippen LogP contribution is -2.35. The number of hydrogen-bond acceptors (Lipinski definition) is 0. The van der Waals surface area contributed by atoms with E-state index in [1.807, 2.05) is 4.58 Å². The Morgan fingerprint density at radius 2 is 1.39 bits per heavy atom. The molecule has 1 atom stereocenters. The van der Waals surface area contributed by atoms with Crippen LogP contribution in [0.3, 0.4) is 0 Å². The van der Waals surface area contributed by atoms with Gasteiger partial charge in [0.2, 0.25) is 0 Å². The average molecular weight is 252 g/mol. The van der Waals surface area contributed by atoms with Gasteiger partial charge in [-0.3, -0.25) is 0 Å². The summed E-state index contributed by atoms with van der Waals surface area (Å²) in [6.07, 6.45) is 1.07. The van der Waals surface area contributed by atoms with Crippen molar-refractivity contribution in [3.63, 3.8) is 0 Å². The predicted octanol–water partition coefficient (Wildman–Crippen LogP) is 3.61. The Bertz CT molecular complexity index is 289. The van der Waals surface area contributed by atoms with Gasteiger partial charge in [-0.05, 0) is 24.3 Å². The molecule has 0 spiro atoms. The second-order valence-corrected chi connectivity index (χ2v) is 7.34. The lowest BCUT2D eigenvalue weighted by Gasteiger charge is -2.29. The molecule has 0 radical (unpaired) electrons. The Labute approximate surface area is 114 Å². The molecule has 0 saturated heterocycles. The topological polar surface area (TPSA) is 6.02 Å². The molecule has 2 nitrogen and oxygen atoms in total. The molecule has 2 heteroatoms. The van der Waals surface area contributed by atoms with Gasteiger partial charge in [0.1, 0.15) is 0 Å². The van der Waals surface area contributed by atoms with E-state index in [1.54, 1.807) is 0 Å². The minimum Gasteiger partial charge on any atom is -0.366 e. The van der Waals surface area contributed by atoms with Gasteiger partial charge in [0.15, 0.2) is 12.6 Å². The largest absolute Gasteiger partial charge is 0.366 e. The van der Waals surface area contributed by atoms with E-state index in [9.17, 15) is 0 Å². The van der Waals surface area contributed by atoms with Gasteiger partial charge in [0.25, 0.3) is 0 Å². The average Bonchev–Trinajstić information content (AvgIpc) is 2.07. The first-order valence-corrected chi connectivity index (χ1v) is 6.82. The van der Waals surface area contributed by atoms with Crippen molar-refractivity contribution < 1.29 is 9.15 Å². The normalized spacial score (nSPS) is 13.9. The zero-order valence-electron chi connectivity index (χ0n) is 13.5. The molecule has 0 aliphatic carbocycles. The third-order valence-corrected chi connectivity index (χ3v) is 2.51. The molecule has 0 fully saturated rings. The molecule has 0 rings (SSSR count). The molecule has 0 heterocycles. The van der Waals surface area contributed by atoms with E-state index in [0.29, 0.717) is 6.04 Å². The standard InChI is InChI=1S/C16H32N2/c1-10-14(18(9)13-16(5,6)7)11-17(8)12-15(2,3)4/h12-14H,8-11H2,1-7H3. The molecule has 0 amide bonds. The zero-order chi connectivity index (χ0) is 14.6. The van der Waals surface area contributed by atoms with Crippen LogP contribution < -0.4 is 0 Å². The van der Waals surface area contributed by atoms with Crippen molar-refractivity contribution in [1.82, 2.24) is 0 Å². The third-order valence-electron chi connectivity index (χ3n) is 2.51. The van der Waals surface area contributed by atoms with Gasteiger partial charge in [-0.25, -0.2) is 0 Å². The monoisotopic (exact) mass is 252 g/mol. The molecule has 18 heavy (non-hydrogen) atoms. The van der Waals surface area contributed by atoms with Crippen LogP contribution in [0.1, 0.15) is 54.9 Å². The van der Waals surface area contributed by atoms with Gasteiger partial charge >= 0.3 is 0 Å². The third kappa shape index (κ3) is 8.21. The maximum atomic E-state index is 4.15. The maximum absolute atomic E-state index is 4.15. The maximum Gasteiger partial charge on any atom is 0.181 e. The van der Waals surface area contributed by atoms with E-state index in [1.165, 1.54) is 0 Å². The van der Waals surface area contributed by atoms with Crippen LogP contribution in [0, 0.1) is 23.9 Å². The summed E-state index contributed by atoms with van der Waals surface area (Å²) in [7, 11) is 0. The predicted molar refractivity (Wildman–Crippen MR) is 81.2 cm³/mol. The van der Waals surface area contributed by atoms with Crippen LogP contribution in [-0.2, 0) is 0 Å². The van der Waals surface area contributed by atoms with Crippen LogP contribution in [0.25, 0.3) is 0 Å². The van der Waals surface area contributed by atoms with Crippen LogP contribution >= 0.6 is 0 Å². The number of nitrogens with zero attached hydrogens (tertiary/aromatic N) is 2. The summed E-state index contributed by atoms with van der Waals surface area (Å²) in [6, 6.07) is 0.403. The fourth-order valence-corrected chi connectivity index (χ4v) is 1.94. The second-order valence-electron chi connectivity index (χ2n) is 7.34. The molecule has 0 aromatic carbocycles. The van der Waals surface area contributed by atoms with Crippen molar-refractivity contribution in [1.29, 1.82) is 0 Å². The van der Waals surface area contributed by atoms with Crippen LogP contribution in [0.15, 0.2) is 0 Å². The van der Waals surface area contributed by atoms with E-state index in [4.69, 9.17) is 0 Å². The van der Waals surface area contributed by atoms with Crippen LogP contribution in [0.2, 0.25) is 0 Å². The Hall–Kier alpha value is -0.920. The van der Waals surface area contributed by atoms with E-state index in [0.717, 1.165) is 13.0 Å². The van der Waals surface area contributed by atoms with Gasteiger partial charge in [-0.15, -0.1) is 0 Å². The summed E-state index contributed by atoms with van der Waals surface area (Å²) in [6.45, 7) is 28.9. The molecule has 0 N–H and O–H groups in total. The minimum atomic E-state index is 0.162. The Morgan fingerprint density at radius 1 is 0.944 bits per heavy atom. The summed E-state index contributed by atoms with van der Waals surface area (Å²) in [4.78, 5) is 0. The summed E-state index contributed by atoms with van der Waals surface area (Å²) >= 11 is 0. The van der Waals surface area contributed by atoms with Crippen molar-refractivity contribution in [2.45, 2.75) is 60.9 Å². The summed E-state index contributed by atoms with van der Waals surface area (Å²) in [5, 5.41) is 0. The highest BCUT2D eigenvalue weighted by Gasteiger charge is 2.21. The number of hydrogen-bond donors (Lipinski definition) is 0. The van der Waals surface area contributed by atoms with Crippen LogP contribution in [0.4, 0.5) is 0 Å². The lowest BCUT2D eigenvalue weighted by molar-refractivity contribution is -0.594. The molecular formula is C16H32N2. The lowest BCUT2D eigenvalue weighted by atomic mass is 9.95. The second kappa shape index (κ2) is 6.31. The summed E-state index contributed by atoms with van der Waals surface area (Å²) in [5.74, 6) is 0. The van der Waals surface area contributed by atoms with Crippen molar-refractivity contribution in [3.05, 3.63) is 13.1 Å². The van der Waals surface area contributed by atoms with E-state index >= 15 is 0 Å². The van der Waals surface area contributed by atoms with E-state index in [-0.39, 0.29) is 10.8 Å². The molecule has 0 aromatic rings. The van der Waals surface area contributed by atoms with Crippen molar-refractivity contribution in [2.24, 2.45) is 10.8 Å². The van der Waals surface area contributed by atoms with Crippen molar-refractivity contribution in [2.75, 3.05) is 6.54 Å². The van der Waals surface area contributed by atoms with Crippen LogP contribution in [0.5, 0.6) is 0 Å². The Balaban J connectivity index is 4.44. The SMILES string of the molecule is C=[N+]([CH-]C(C)(C)C)CC(CC)[N+](=C)[CH-]C(C)(C)C. The fourth-order valence-electron chi connectivity index (χ4n) is 1.94. The molecule has 0 aliphatic rings. The van der Waals surface area contributed by atoms with E-state index in [2.05, 4.69) is 79.6 Å². The highest BCUT2D eigenvalue weighted by molar-refractivity contribution is 5.16. The Morgan fingerprint density at radius 3 is 1.72 bits per heavy atom. The molecule has 1 unspecified atom stereocenters. The first-order valence-electron chi connectivity index (χ1n) is 6.82. The molecule has 0 bridgehead atoms. The fraction of sp³-hybridized carbons (Fsp3) is 0.750. The van der Waals surface area contributed by atoms with Crippen LogP contribution in [-0.4, -0.2) is 35.2 Å². The first-order chi connectivity index (χ1) is 7.94. The highest BCUT2D eigenvalue weighted by atomic mass is 15.1. The van der Waals surface area contributed by atoms with Gasteiger partial charge < -0.3 is 9.15 Å². The summed E-state index contributed by atoms with van der Waals surface area (Å²) in [5.41, 5.74) is 0.328. The van der Waals surface area contributed by atoms with Gasteiger partial charge in [0, 0.05) is 19.5 Å². The zero-order valence-corrected chi connectivity index (χ0v) is 13.5. The van der Waals surface area contributed by atoms with E-state index < -0.39 is 0 Å². The van der Waals surface area contributed by atoms with Gasteiger partial charge in [0.05, 0.1) is 0 Å². The van der Waals surface area contributed by atoms with Gasteiger partial charge in [-0.1, -0.05) is 48.5 Å². The molecule has 0 aliphatic heterocycles. The van der Waals surface area contributed by atoms with Crippen molar-refractivity contribution in [3.8, 4) is 0 Å². The molecule has 106 valence electrons. The molecule has 0 saturated carbocycles. The smallest absolute Gasteiger partial charge is 0.181 e. The summed E-state index contributed by atoms with van der Waals surface area (Å²) < 4.78 is 4.14. The first kappa shape index (κ1) is 17.1. The Kier molecular flexibility index (Phi) is 5.98. The number of rotatable bonds is 6. The molecule has 0 aromatic heterocycles.